The van der Waals surface area contributed by atoms with E-state index >= 15 is 0 Å². The maximum Gasteiger partial charge on any atom is 0.219 e. The molecule has 0 radical (unpaired) electrons. The van der Waals surface area contributed by atoms with Crippen LogP contribution in [0.1, 0.15) is 72.1 Å². The second-order valence-electron chi connectivity index (χ2n) is 12.2. The molecule has 1 N–H and O–H groups in total. The second kappa shape index (κ2) is 9.42. The van der Waals surface area contributed by atoms with E-state index in [1.165, 1.54) is 0 Å². The minimum Gasteiger partial charge on any atom is -0.506 e. The largest absolute Gasteiger partial charge is 0.506 e. The molecule has 0 bridgehead atoms. The van der Waals surface area contributed by atoms with E-state index in [-0.39, 0.29) is 16.7 Å². The molecule has 0 spiro atoms. The van der Waals surface area contributed by atoms with Gasteiger partial charge in [0.2, 0.25) is 11.8 Å². The number of phenolic OH excluding ortho intramolecular Hbond substituents is 1. The van der Waals surface area contributed by atoms with E-state index in [4.69, 9.17) is 14.5 Å². The van der Waals surface area contributed by atoms with E-state index in [9.17, 15) is 5.11 Å². The number of hydrogen-bond acceptors (Lipinski definition) is 5. The van der Waals surface area contributed by atoms with E-state index < -0.39 is 0 Å². The van der Waals surface area contributed by atoms with Crippen molar-refractivity contribution in [2.24, 2.45) is 22.7 Å². The first-order valence-corrected chi connectivity index (χ1v) is 12.9. The highest BCUT2D eigenvalue weighted by atomic mass is 16.5. The van der Waals surface area contributed by atoms with Gasteiger partial charge in [0.05, 0.1) is 5.54 Å². The number of rotatable bonds is 6. The summed E-state index contributed by atoms with van der Waals surface area (Å²) in [6.07, 6.45) is 0. The van der Waals surface area contributed by atoms with Crippen LogP contribution in [0.4, 0.5) is 0 Å². The Hall–Kier alpha value is -3.08. The van der Waals surface area contributed by atoms with Crippen LogP contribution in [0.25, 0.3) is 10.9 Å². The van der Waals surface area contributed by atoms with Crippen molar-refractivity contribution in [3.63, 3.8) is 0 Å². The molecule has 192 valence electrons. The van der Waals surface area contributed by atoms with Gasteiger partial charge in [0.1, 0.15) is 23.6 Å². The molecule has 0 aliphatic carbocycles. The summed E-state index contributed by atoms with van der Waals surface area (Å²) >= 11 is 0. The predicted octanol–water partition coefficient (Wildman–Crippen LogP) is 7.80. The van der Waals surface area contributed by atoms with Crippen molar-refractivity contribution in [3.8, 4) is 17.4 Å². The van der Waals surface area contributed by atoms with Gasteiger partial charge in [0.15, 0.2) is 0 Å². The van der Waals surface area contributed by atoms with Gasteiger partial charge in [-0.05, 0) is 84.5 Å². The van der Waals surface area contributed by atoms with Gasteiger partial charge in [-0.1, -0.05) is 48.5 Å². The number of phenols is 1. The van der Waals surface area contributed by atoms with E-state index in [0.29, 0.717) is 47.4 Å². The maximum absolute atomic E-state index is 10.4. The van der Waals surface area contributed by atoms with Gasteiger partial charge in [-0.25, -0.2) is 9.98 Å². The third kappa shape index (κ3) is 5.21. The minimum absolute atomic E-state index is 0.0956. The molecule has 1 atom stereocenters. The predicted molar refractivity (Wildman–Crippen MR) is 147 cm³/mol. The number of pyridine rings is 1. The van der Waals surface area contributed by atoms with Crippen LogP contribution < -0.4 is 4.74 Å². The smallest absolute Gasteiger partial charge is 0.219 e. The number of ether oxygens (including phenoxy) is 2. The Bertz CT molecular complexity index is 1300. The van der Waals surface area contributed by atoms with Crippen LogP contribution in [0, 0.1) is 24.7 Å². The number of benzene rings is 2. The number of aryl methyl sites for hydroxylation is 1. The summed E-state index contributed by atoms with van der Waals surface area (Å²) in [7, 11) is 0. The maximum atomic E-state index is 10.4. The zero-order valence-electron chi connectivity index (χ0n) is 23.1. The molecule has 0 amide bonds. The summed E-state index contributed by atoms with van der Waals surface area (Å²) in [5, 5.41) is 11.3. The standard InChI is InChI=1S/C31H40N2O3/c1-18(2)27(19(3)4)31(9)17-35-29(33-31)22-14-23(30(6,7)8)16-24(15-22)36-26-11-10-21-12-20(5)13-25(34)28(21)32-26/h10-16,18-19,27,34H,17H2,1-9H3/t31-/m1/s1. The molecule has 0 saturated heterocycles. The Kier molecular flexibility index (Phi) is 6.80. The van der Waals surface area contributed by atoms with Crippen LogP contribution in [-0.2, 0) is 10.2 Å². The molecule has 0 fully saturated rings. The number of fused-ring (bicyclic) bond motifs is 1. The fraction of sp³-hybridized carbons (Fsp3) is 0.484. The third-order valence-electron chi connectivity index (χ3n) is 7.15. The fourth-order valence-corrected chi connectivity index (χ4v) is 5.77. The quantitative estimate of drug-likeness (QED) is 0.384. The van der Waals surface area contributed by atoms with Crippen molar-refractivity contribution in [2.75, 3.05) is 6.61 Å². The molecule has 0 unspecified atom stereocenters. The first-order chi connectivity index (χ1) is 16.8. The highest BCUT2D eigenvalue weighted by Crippen LogP contribution is 2.39. The van der Waals surface area contributed by atoms with E-state index in [2.05, 4.69) is 66.4 Å². The van der Waals surface area contributed by atoms with Crippen LogP contribution in [0.15, 0.2) is 47.5 Å². The van der Waals surface area contributed by atoms with Crippen LogP contribution in [0.3, 0.4) is 0 Å². The Morgan fingerprint density at radius 2 is 1.69 bits per heavy atom. The molecule has 2 heterocycles. The molecule has 36 heavy (non-hydrogen) atoms. The van der Waals surface area contributed by atoms with Crippen LogP contribution in [0.5, 0.6) is 17.4 Å². The van der Waals surface area contributed by atoms with Crippen LogP contribution in [0.2, 0.25) is 0 Å². The molecule has 1 aliphatic rings. The normalized spacial score (nSPS) is 18.3. The summed E-state index contributed by atoms with van der Waals surface area (Å²) in [5.41, 5.74) is 3.18. The lowest BCUT2D eigenvalue weighted by Crippen LogP contribution is -2.40. The summed E-state index contributed by atoms with van der Waals surface area (Å²) in [5.74, 6) is 3.32. The van der Waals surface area contributed by atoms with Gasteiger partial charge in [0.25, 0.3) is 0 Å². The van der Waals surface area contributed by atoms with Gasteiger partial charge in [-0.3, -0.25) is 0 Å². The molecular weight excluding hydrogens is 448 g/mol. The SMILES string of the molecule is Cc1cc(O)c2nc(Oc3cc(C4=N[C@@](C)(C(C(C)C)C(C)C)CO4)cc(C(C)(C)C)c3)ccc2c1. The Balaban J connectivity index is 1.74. The average Bonchev–Trinajstić information content (AvgIpc) is 3.15. The molecule has 0 saturated carbocycles. The number of aromatic nitrogens is 1. The number of hydrogen-bond donors (Lipinski definition) is 1. The topological polar surface area (TPSA) is 63.9 Å². The molecule has 1 aromatic heterocycles. The van der Waals surface area contributed by atoms with Gasteiger partial charge >= 0.3 is 0 Å². The number of aliphatic imine (C=N–C) groups is 1. The van der Waals surface area contributed by atoms with E-state index in [1.807, 2.05) is 37.3 Å². The van der Waals surface area contributed by atoms with E-state index in [1.54, 1.807) is 6.07 Å². The van der Waals surface area contributed by atoms with Gasteiger partial charge in [-0.2, -0.15) is 0 Å². The lowest BCUT2D eigenvalue weighted by Gasteiger charge is -2.36. The van der Waals surface area contributed by atoms with Crippen molar-refractivity contribution < 1.29 is 14.6 Å². The van der Waals surface area contributed by atoms with Crippen LogP contribution in [-0.4, -0.2) is 28.1 Å². The fourth-order valence-electron chi connectivity index (χ4n) is 5.77. The lowest BCUT2D eigenvalue weighted by molar-refractivity contribution is 0.129. The van der Waals surface area contributed by atoms with Crippen molar-refractivity contribution in [1.82, 2.24) is 4.98 Å². The van der Waals surface area contributed by atoms with Crippen molar-refractivity contribution in [1.29, 1.82) is 0 Å². The third-order valence-corrected chi connectivity index (χ3v) is 7.15. The molecular formula is C31H40N2O3. The first kappa shape index (κ1) is 26.0. The average molecular weight is 489 g/mol. The highest BCUT2D eigenvalue weighted by molar-refractivity contribution is 5.96. The molecule has 3 aromatic rings. The molecule has 2 aromatic carbocycles. The minimum atomic E-state index is -0.272. The highest BCUT2D eigenvalue weighted by Gasteiger charge is 2.43. The first-order valence-electron chi connectivity index (χ1n) is 12.9. The van der Waals surface area contributed by atoms with Gasteiger partial charge < -0.3 is 14.6 Å². The number of aromatic hydroxyl groups is 1. The Labute approximate surface area is 215 Å². The molecule has 1 aliphatic heterocycles. The van der Waals surface area contributed by atoms with Gasteiger partial charge in [-0.15, -0.1) is 0 Å². The molecule has 5 nitrogen and oxygen atoms in total. The summed E-state index contributed by atoms with van der Waals surface area (Å²) in [6, 6.07) is 13.6. The van der Waals surface area contributed by atoms with Crippen LogP contribution >= 0.6 is 0 Å². The van der Waals surface area contributed by atoms with E-state index in [0.717, 1.165) is 22.1 Å². The van der Waals surface area contributed by atoms with Gasteiger partial charge in [0, 0.05) is 17.0 Å². The zero-order valence-corrected chi connectivity index (χ0v) is 23.1. The summed E-state index contributed by atoms with van der Waals surface area (Å²) < 4.78 is 12.5. The van der Waals surface area contributed by atoms with Crippen molar-refractivity contribution in [3.05, 3.63) is 59.2 Å². The lowest BCUT2D eigenvalue weighted by atomic mass is 9.72. The Morgan fingerprint density at radius 1 is 1.00 bits per heavy atom. The monoisotopic (exact) mass is 488 g/mol. The number of nitrogens with zero attached hydrogens (tertiary/aromatic N) is 2. The second-order valence-corrected chi connectivity index (χ2v) is 12.2. The summed E-state index contributed by atoms with van der Waals surface area (Å²) in [6.45, 7) is 20.4. The van der Waals surface area contributed by atoms with Crippen molar-refractivity contribution in [2.45, 2.75) is 73.3 Å². The molecule has 5 heteroatoms. The Morgan fingerprint density at radius 3 is 2.33 bits per heavy atom. The van der Waals surface area contributed by atoms with Crippen molar-refractivity contribution >= 4 is 16.8 Å². The molecule has 4 rings (SSSR count). The summed E-state index contributed by atoms with van der Waals surface area (Å²) in [4.78, 5) is 9.74. The zero-order chi connectivity index (χ0) is 26.4.